The van der Waals surface area contributed by atoms with Crippen molar-refractivity contribution < 1.29 is 5.11 Å². The second kappa shape index (κ2) is 4.82. The quantitative estimate of drug-likeness (QED) is 0.876. The molecule has 0 spiro atoms. The van der Waals surface area contributed by atoms with Gasteiger partial charge in [0.15, 0.2) is 0 Å². The van der Waals surface area contributed by atoms with E-state index in [0.29, 0.717) is 0 Å². The van der Waals surface area contributed by atoms with E-state index < -0.39 is 5.60 Å². The van der Waals surface area contributed by atoms with Crippen LogP contribution in [0.2, 0.25) is 0 Å². The zero-order chi connectivity index (χ0) is 11.6. The van der Waals surface area contributed by atoms with E-state index in [1.54, 1.807) is 11.3 Å². The number of hydrogen-bond donors (Lipinski definition) is 1. The van der Waals surface area contributed by atoms with Gasteiger partial charge in [0.25, 0.3) is 0 Å². The van der Waals surface area contributed by atoms with E-state index in [-0.39, 0.29) is 0 Å². The largest absolute Gasteiger partial charge is 0.389 e. The maximum atomic E-state index is 10.5. The van der Waals surface area contributed by atoms with Crippen LogP contribution in [0.15, 0.2) is 5.38 Å². The maximum absolute atomic E-state index is 10.5. The van der Waals surface area contributed by atoms with Crippen molar-refractivity contribution in [3.05, 3.63) is 16.1 Å². The average Bonchev–Trinajstić information content (AvgIpc) is 2.64. The van der Waals surface area contributed by atoms with Crippen molar-refractivity contribution in [3.8, 4) is 0 Å². The first-order valence-corrected chi connectivity index (χ1v) is 6.85. The molecule has 1 aromatic heterocycles. The molecule has 90 valence electrons. The second-order valence-electron chi connectivity index (χ2n) is 4.72. The Labute approximate surface area is 101 Å². The summed E-state index contributed by atoms with van der Waals surface area (Å²) in [6.07, 6.45) is 2.47. The third-order valence-electron chi connectivity index (χ3n) is 3.38. The molecule has 0 saturated carbocycles. The third-order valence-corrected chi connectivity index (χ3v) is 4.35. The van der Waals surface area contributed by atoms with Crippen LogP contribution in [0.25, 0.3) is 0 Å². The highest BCUT2D eigenvalue weighted by Crippen LogP contribution is 2.27. The highest BCUT2D eigenvalue weighted by atomic mass is 32.1. The molecule has 0 amide bonds. The van der Waals surface area contributed by atoms with Crippen molar-refractivity contribution in [3.63, 3.8) is 0 Å². The van der Waals surface area contributed by atoms with E-state index in [1.165, 1.54) is 0 Å². The summed E-state index contributed by atoms with van der Waals surface area (Å²) in [6, 6.07) is 0. The number of aromatic nitrogens is 1. The fraction of sp³-hybridized carbons (Fsp3) is 0.750. The monoisotopic (exact) mass is 240 g/mol. The summed E-state index contributed by atoms with van der Waals surface area (Å²) in [5.41, 5.74) is 0.547. The number of hydrogen-bond acceptors (Lipinski definition) is 4. The topological polar surface area (TPSA) is 36.4 Å². The predicted octanol–water partition coefficient (Wildman–Crippen LogP) is 1.84. The van der Waals surface area contributed by atoms with E-state index >= 15 is 0 Å². The molecule has 1 N–H and O–H groups in total. The van der Waals surface area contributed by atoms with Gasteiger partial charge in [-0.05, 0) is 26.3 Å². The molecule has 4 heteroatoms. The van der Waals surface area contributed by atoms with Crippen molar-refractivity contribution in [1.82, 2.24) is 9.88 Å². The van der Waals surface area contributed by atoms with Gasteiger partial charge in [0.05, 0.1) is 10.6 Å². The van der Waals surface area contributed by atoms with E-state index in [9.17, 15) is 5.11 Å². The molecule has 1 aliphatic heterocycles. The molecule has 3 nitrogen and oxygen atoms in total. The second-order valence-corrected chi connectivity index (χ2v) is 5.66. The van der Waals surface area contributed by atoms with E-state index in [4.69, 9.17) is 0 Å². The first kappa shape index (κ1) is 12.0. The van der Waals surface area contributed by atoms with Gasteiger partial charge in [-0.2, -0.15) is 0 Å². The first-order chi connectivity index (χ1) is 7.61. The van der Waals surface area contributed by atoms with Crippen LogP contribution in [-0.2, 0) is 6.42 Å². The van der Waals surface area contributed by atoms with Gasteiger partial charge in [-0.1, -0.05) is 6.92 Å². The Morgan fingerprint density at radius 2 is 2.19 bits per heavy atom. The number of rotatable bonds is 3. The van der Waals surface area contributed by atoms with Gasteiger partial charge in [0.2, 0.25) is 0 Å². The van der Waals surface area contributed by atoms with Gasteiger partial charge in [-0.3, -0.25) is 0 Å². The molecular formula is C12H20N2OS. The Hall–Kier alpha value is -0.450. The SMILES string of the molecule is CCN1CCC(O)(Cc2nc(C)cs2)CC1. The lowest BCUT2D eigenvalue weighted by Gasteiger charge is -2.37. The third kappa shape index (κ3) is 2.81. The molecule has 0 atom stereocenters. The minimum Gasteiger partial charge on any atom is -0.389 e. The molecule has 1 saturated heterocycles. The Morgan fingerprint density at radius 3 is 2.69 bits per heavy atom. The molecule has 2 rings (SSSR count). The van der Waals surface area contributed by atoms with Gasteiger partial charge in [0, 0.05) is 30.6 Å². The van der Waals surface area contributed by atoms with Crippen LogP contribution in [0, 0.1) is 6.92 Å². The van der Waals surface area contributed by atoms with Gasteiger partial charge < -0.3 is 10.0 Å². The Kier molecular flexibility index (Phi) is 3.62. The number of thiazole rings is 1. The van der Waals surface area contributed by atoms with Crippen LogP contribution < -0.4 is 0 Å². The van der Waals surface area contributed by atoms with Crippen LogP contribution in [0.1, 0.15) is 30.5 Å². The Morgan fingerprint density at radius 1 is 1.50 bits per heavy atom. The van der Waals surface area contributed by atoms with Gasteiger partial charge in [-0.25, -0.2) is 4.98 Å². The summed E-state index contributed by atoms with van der Waals surface area (Å²) in [5, 5.41) is 13.6. The summed E-state index contributed by atoms with van der Waals surface area (Å²) < 4.78 is 0. The molecule has 0 bridgehead atoms. The Bertz CT molecular complexity index is 343. The van der Waals surface area contributed by atoms with Crippen molar-refractivity contribution in [2.75, 3.05) is 19.6 Å². The number of nitrogens with zero attached hydrogens (tertiary/aromatic N) is 2. The fourth-order valence-corrected chi connectivity index (χ4v) is 3.14. The molecule has 16 heavy (non-hydrogen) atoms. The fourth-order valence-electron chi connectivity index (χ4n) is 2.23. The molecule has 0 radical (unpaired) electrons. The minimum absolute atomic E-state index is 0.518. The molecule has 1 fully saturated rings. The summed E-state index contributed by atoms with van der Waals surface area (Å²) in [5.74, 6) is 0. The number of aryl methyl sites for hydroxylation is 1. The molecular weight excluding hydrogens is 220 g/mol. The summed E-state index contributed by atoms with van der Waals surface area (Å²) in [7, 11) is 0. The van der Waals surface area contributed by atoms with Crippen molar-refractivity contribution in [2.24, 2.45) is 0 Å². The van der Waals surface area contributed by atoms with Crippen LogP contribution >= 0.6 is 11.3 Å². The standard InChI is InChI=1S/C12H20N2OS/c1-3-14-6-4-12(15,5-7-14)8-11-13-10(2)9-16-11/h9,15H,3-8H2,1-2H3. The summed E-state index contributed by atoms with van der Waals surface area (Å²) >= 11 is 1.66. The smallest absolute Gasteiger partial charge is 0.0956 e. The molecule has 2 heterocycles. The first-order valence-electron chi connectivity index (χ1n) is 5.97. The maximum Gasteiger partial charge on any atom is 0.0956 e. The summed E-state index contributed by atoms with van der Waals surface area (Å²) in [4.78, 5) is 6.82. The predicted molar refractivity (Wildman–Crippen MR) is 66.9 cm³/mol. The van der Waals surface area contributed by atoms with Gasteiger partial charge in [0.1, 0.15) is 0 Å². The van der Waals surface area contributed by atoms with Crippen LogP contribution in [0.4, 0.5) is 0 Å². The normalized spacial score (nSPS) is 21.2. The molecule has 0 unspecified atom stereocenters. The van der Waals surface area contributed by atoms with Crippen molar-refractivity contribution in [2.45, 2.75) is 38.7 Å². The average molecular weight is 240 g/mol. The lowest BCUT2D eigenvalue weighted by Crippen LogP contribution is -2.45. The van der Waals surface area contributed by atoms with Crippen LogP contribution in [0.5, 0.6) is 0 Å². The highest BCUT2D eigenvalue weighted by Gasteiger charge is 2.32. The molecule has 1 aliphatic rings. The summed E-state index contributed by atoms with van der Waals surface area (Å²) in [6.45, 7) is 7.29. The number of aliphatic hydroxyl groups is 1. The van der Waals surface area contributed by atoms with Crippen molar-refractivity contribution >= 4 is 11.3 Å². The lowest BCUT2D eigenvalue weighted by atomic mass is 9.88. The highest BCUT2D eigenvalue weighted by molar-refractivity contribution is 7.09. The zero-order valence-corrected chi connectivity index (χ0v) is 10.9. The van der Waals surface area contributed by atoms with E-state index in [1.807, 2.05) is 6.92 Å². The lowest BCUT2D eigenvalue weighted by molar-refractivity contribution is -0.0194. The Balaban J connectivity index is 1.94. The zero-order valence-electron chi connectivity index (χ0n) is 10.1. The van der Waals surface area contributed by atoms with E-state index in [2.05, 4.69) is 22.2 Å². The number of likely N-dealkylation sites (tertiary alicyclic amines) is 1. The van der Waals surface area contributed by atoms with Gasteiger partial charge >= 0.3 is 0 Å². The minimum atomic E-state index is -0.518. The van der Waals surface area contributed by atoms with Gasteiger partial charge in [-0.15, -0.1) is 11.3 Å². The molecule has 0 aliphatic carbocycles. The van der Waals surface area contributed by atoms with Crippen LogP contribution in [-0.4, -0.2) is 40.2 Å². The molecule has 1 aromatic rings. The van der Waals surface area contributed by atoms with Crippen molar-refractivity contribution in [1.29, 1.82) is 0 Å². The molecule has 0 aromatic carbocycles. The number of piperidine rings is 1. The van der Waals surface area contributed by atoms with Crippen LogP contribution in [0.3, 0.4) is 0 Å². The van der Waals surface area contributed by atoms with E-state index in [0.717, 1.165) is 49.6 Å².